The van der Waals surface area contributed by atoms with E-state index >= 15 is 0 Å². The highest BCUT2D eigenvalue weighted by molar-refractivity contribution is 5.68. The topological polar surface area (TPSA) is 84.6 Å². The Hall–Kier alpha value is -1.82. The molecule has 0 heterocycles. The van der Waals surface area contributed by atoms with Gasteiger partial charge in [-0.2, -0.15) is 0 Å². The summed E-state index contributed by atoms with van der Waals surface area (Å²) in [6.07, 6.45) is 0. The summed E-state index contributed by atoms with van der Waals surface area (Å²) in [4.78, 5) is 10.4. The maximum Gasteiger partial charge on any atom is 0.333 e. The minimum absolute atomic E-state index is 0.103. The first kappa shape index (κ1) is 12.3. The molecule has 1 aromatic carbocycles. The van der Waals surface area contributed by atoms with Gasteiger partial charge in [0, 0.05) is 6.04 Å². The molecule has 88 valence electrons. The second kappa shape index (κ2) is 5.32. The minimum atomic E-state index is -0.509. The van der Waals surface area contributed by atoms with Crippen LogP contribution in [0.2, 0.25) is 0 Å². The molecular weight excluding hydrogens is 212 g/mol. The van der Waals surface area contributed by atoms with E-state index in [1.807, 2.05) is 0 Å². The van der Waals surface area contributed by atoms with Gasteiger partial charge in [-0.05, 0) is 19.1 Å². The first-order valence-electron chi connectivity index (χ1n) is 4.79. The van der Waals surface area contributed by atoms with Crippen molar-refractivity contribution in [2.45, 2.75) is 13.0 Å². The average Bonchev–Trinajstić information content (AvgIpc) is 2.28. The summed E-state index contributed by atoms with van der Waals surface area (Å²) in [5, 5.41) is 22.6. The Morgan fingerprint density at radius 1 is 1.62 bits per heavy atom. The van der Waals surface area contributed by atoms with Crippen LogP contribution in [0.25, 0.3) is 0 Å². The molecule has 0 aliphatic carbocycles. The molecule has 0 aliphatic heterocycles. The zero-order valence-corrected chi connectivity index (χ0v) is 9.14. The van der Waals surface area contributed by atoms with Crippen molar-refractivity contribution in [1.82, 2.24) is 0 Å². The second-order valence-corrected chi connectivity index (χ2v) is 3.34. The van der Waals surface area contributed by atoms with Gasteiger partial charge < -0.3 is 15.2 Å². The average molecular weight is 226 g/mol. The predicted octanol–water partition coefficient (Wildman–Crippen LogP) is 1.40. The lowest BCUT2D eigenvalue weighted by atomic mass is 10.2. The van der Waals surface area contributed by atoms with Crippen LogP contribution in [0.4, 0.5) is 11.4 Å². The van der Waals surface area contributed by atoms with E-state index in [1.165, 1.54) is 13.2 Å². The third-order valence-electron chi connectivity index (χ3n) is 2.08. The standard InChI is InChI=1S/C10H14N2O4/c1-7(6-13)11-8-4-3-5-9(16-2)10(8)12(14)15/h3-5,7,11,13H,6H2,1-2H3. The number of anilines is 1. The van der Waals surface area contributed by atoms with E-state index in [1.54, 1.807) is 19.1 Å². The molecule has 0 bridgehead atoms. The molecule has 2 N–H and O–H groups in total. The molecule has 0 amide bonds. The van der Waals surface area contributed by atoms with Crippen LogP contribution in [0.5, 0.6) is 5.75 Å². The Labute approximate surface area is 93.0 Å². The van der Waals surface area contributed by atoms with Crippen molar-refractivity contribution in [1.29, 1.82) is 0 Å². The van der Waals surface area contributed by atoms with Gasteiger partial charge in [0.2, 0.25) is 0 Å². The molecule has 0 aliphatic rings. The quantitative estimate of drug-likeness (QED) is 0.585. The lowest BCUT2D eigenvalue weighted by Crippen LogP contribution is -2.20. The lowest BCUT2D eigenvalue weighted by molar-refractivity contribution is -0.384. The Kier molecular flexibility index (Phi) is 4.07. The van der Waals surface area contributed by atoms with Crippen molar-refractivity contribution in [3.63, 3.8) is 0 Å². The Bertz CT molecular complexity index is 381. The third-order valence-corrected chi connectivity index (χ3v) is 2.08. The normalized spacial score (nSPS) is 11.9. The smallest absolute Gasteiger partial charge is 0.333 e. The highest BCUT2D eigenvalue weighted by Gasteiger charge is 2.21. The molecule has 0 fully saturated rings. The summed E-state index contributed by atoms with van der Waals surface area (Å²) < 4.78 is 4.92. The monoisotopic (exact) mass is 226 g/mol. The summed E-state index contributed by atoms with van der Waals surface area (Å²) in [5.74, 6) is 0.195. The SMILES string of the molecule is COc1cccc(NC(C)CO)c1[N+](=O)[O-]. The zero-order chi connectivity index (χ0) is 12.1. The molecule has 1 rings (SSSR count). The van der Waals surface area contributed by atoms with Crippen molar-refractivity contribution in [3.8, 4) is 5.75 Å². The highest BCUT2D eigenvalue weighted by atomic mass is 16.6. The number of nitrogens with zero attached hydrogens (tertiary/aromatic N) is 1. The van der Waals surface area contributed by atoms with E-state index in [4.69, 9.17) is 9.84 Å². The highest BCUT2D eigenvalue weighted by Crippen LogP contribution is 2.34. The van der Waals surface area contributed by atoms with Crippen LogP contribution in [0.3, 0.4) is 0 Å². The molecule has 16 heavy (non-hydrogen) atoms. The van der Waals surface area contributed by atoms with Crippen molar-refractivity contribution >= 4 is 11.4 Å². The van der Waals surface area contributed by atoms with E-state index in [-0.39, 0.29) is 24.1 Å². The molecule has 0 aromatic heterocycles. The number of para-hydroxylation sites is 1. The predicted molar refractivity (Wildman–Crippen MR) is 59.8 cm³/mol. The maximum atomic E-state index is 10.9. The molecule has 6 heteroatoms. The van der Waals surface area contributed by atoms with Gasteiger partial charge in [-0.3, -0.25) is 10.1 Å². The number of aliphatic hydroxyl groups is 1. The number of hydrogen-bond donors (Lipinski definition) is 2. The summed E-state index contributed by atoms with van der Waals surface area (Å²) in [7, 11) is 1.38. The van der Waals surface area contributed by atoms with Crippen molar-refractivity contribution in [3.05, 3.63) is 28.3 Å². The third kappa shape index (κ3) is 2.60. The zero-order valence-electron chi connectivity index (χ0n) is 9.14. The van der Waals surface area contributed by atoms with Crippen LogP contribution >= 0.6 is 0 Å². The summed E-state index contributed by atoms with van der Waals surface area (Å²) in [5.41, 5.74) is 0.219. The van der Waals surface area contributed by atoms with Gasteiger partial charge in [0.05, 0.1) is 18.6 Å². The van der Waals surface area contributed by atoms with Crippen LogP contribution in [-0.2, 0) is 0 Å². The molecule has 1 aromatic rings. The lowest BCUT2D eigenvalue weighted by Gasteiger charge is -2.13. The Morgan fingerprint density at radius 3 is 2.81 bits per heavy atom. The minimum Gasteiger partial charge on any atom is -0.490 e. The fourth-order valence-corrected chi connectivity index (χ4v) is 1.30. The number of benzene rings is 1. The van der Waals surface area contributed by atoms with Crippen molar-refractivity contribution < 1.29 is 14.8 Å². The van der Waals surface area contributed by atoms with E-state index < -0.39 is 4.92 Å². The second-order valence-electron chi connectivity index (χ2n) is 3.34. The fourth-order valence-electron chi connectivity index (χ4n) is 1.30. The van der Waals surface area contributed by atoms with Crippen LogP contribution in [0, 0.1) is 10.1 Å². The number of methoxy groups -OCH3 is 1. The number of ether oxygens (including phenoxy) is 1. The molecule has 1 unspecified atom stereocenters. The van der Waals surface area contributed by atoms with Gasteiger partial charge in [-0.15, -0.1) is 0 Å². The fraction of sp³-hybridized carbons (Fsp3) is 0.400. The van der Waals surface area contributed by atoms with E-state index in [0.29, 0.717) is 5.69 Å². The first-order valence-corrected chi connectivity index (χ1v) is 4.79. The molecule has 0 saturated heterocycles. The van der Waals surface area contributed by atoms with Crippen molar-refractivity contribution in [2.24, 2.45) is 0 Å². The number of hydrogen-bond acceptors (Lipinski definition) is 5. The van der Waals surface area contributed by atoms with Crippen molar-refractivity contribution in [2.75, 3.05) is 19.0 Å². The largest absolute Gasteiger partial charge is 0.490 e. The molecule has 1 atom stereocenters. The number of nitro groups is 1. The number of nitro benzene ring substituents is 1. The van der Waals surface area contributed by atoms with Crippen LogP contribution in [0.1, 0.15) is 6.92 Å². The van der Waals surface area contributed by atoms with Gasteiger partial charge in [-0.1, -0.05) is 6.07 Å². The summed E-state index contributed by atoms with van der Waals surface area (Å²) in [6.45, 7) is 1.62. The first-order chi connectivity index (χ1) is 7.60. The molecule has 0 radical (unpaired) electrons. The molecule has 0 saturated carbocycles. The van der Waals surface area contributed by atoms with Gasteiger partial charge in [0.25, 0.3) is 0 Å². The van der Waals surface area contributed by atoms with Crippen LogP contribution < -0.4 is 10.1 Å². The van der Waals surface area contributed by atoms with Gasteiger partial charge in [-0.25, -0.2) is 0 Å². The Balaban J connectivity index is 3.12. The van der Waals surface area contributed by atoms with E-state index in [0.717, 1.165) is 0 Å². The summed E-state index contributed by atoms with van der Waals surface area (Å²) >= 11 is 0. The van der Waals surface area contributed by atoms with Gasteiger partial charge >= 0.3 is 5.69 Å². The Morgan fingerprint density at radius 2 is 2.31 bits per heavy atom. The van der Waals surface area contributed by atoms with E-state index in [2.05, 4.69) is 5.32 Å². The maximum absolute atomic E-state index is 10.9. The number of aliphatic hydroxyl groups excluding tert-OH is 1. The molecular formula is C10H14N2O4. The molecule has 0 spiro atoms. The number of nitrogens with one attached hydrogen (secondary N) is 1. The van der Waals surface area contributed by atoms with Gasteiger partial charge in [0.1, 0.15) is 5.69 Å². The summed E-state index contributed by atoms with van der Waals surface area (Å²) in [6, 6.07) is 4.49. The van der Waals surface area contributed by atoms with Crippen LogP contribution in [0.15, 0.2) is 18.2 Å². The molecule has 6 nitrogen and oxygen atoms in total. The van der Waals surface area contributed by atoms with Gasteiger partial charge in [0.15, 0.2) is 5.75 Å². The van der Waals surface area contributed by atoms with E-state index in [9.17, 15) is 10.1 Å². The van der Waals surface area contributed by atoms with Crippen LogP contribution in [-0.4, -0.2) is 29.8 Å². The number of rotatable bonds is 5.